The van der Waals surface area contributed by atoms with E-state index in [4.69, 9.17) is 16.3 Å². The van der Waals surface area contributed by atoms with Crippen molar-refractivity contribution < 1.29 is 9.13 Å². The third kappa shape index (κ3) is 3.03. The van der Waals surface area contributed by atoms with Crippen LogP contribution in [-0.4, -0.2) is 13.2 Å². The zero-order chi connectivity index (χ0) is 13.0. The van der Waals surface area contributed by atoms with E-state index in [1.165, 1.54) is 12.1 Å². The van der Waals surface area contributed by atoms with E-state index in [1.54, 1.807) is 6.07 Å². The fourth-order valence-corrected chi connectivity index (χ4v) is 2.36. The highest BCUT2D eigenvalue weighted by Gasteiger charge is 2.21. The molecule has 1 aliphatic heterocycles. The molecule has 0 saturated heterocycles. The van der Waals surface area contributed by atoms with Crippen molar-refractivity contribution in [2.24, 2.45) is 0 Å². The predicted octanol–water partition coefficient (Wildman–Crippen LogP) is 3.82. The summed E-state index contributed by atoms with van der Waals surface area (Å²) in [6.07, 6.45) is 4.13. The van der Waals surface area contributed by atoms with E-state index in [9.17, 15) is 4.39 Å². The van der Waals surface area contributed by atoms with Gasteiger partial charge >= 0.3 is 0 Å². The van der Waals surface area contributed by atoms with Crippen LogP contribution in [-0.2, 0) is 4.74 Å². The number of benzene rings is 1. The van der Waals surface area contributed by atoms with Crippen LogP contribution in [0.15, 0.2) is 30.0 Å². The Hall–Kier alpha value is -1.06. The van der Waals surface area contributed by atoms with Crippen molar-refractivity contribution in [2.45, 2.75) is 25.8 Å². The van der Waals surface area contributed by atoms with Gasteiger partial charge in [-0.2, -0.15) is 0 Å². The molecule has 0 radical (unpaired) electrons. The van der Waals surface area contributed by atoms with Gasteiger partial charge in [0.25, 0.3) is 0 Å². The lowest BCUT2D eigenvalue weighted by atomic mass is 10.0. The van der Waals surface area contributed by atoms with E-state index in [0.717, 1.165) is 37.3 Å². The van der Waals surface area contributed by atoms with Crippen LogP contribution < -0.4 is 5.32 Å². The summed E-state index contributed by atoms with van der Waals surface area (Å²) < 4.78 is 18.8. The second kappa shape index (κ2) is 6.21. The monoisotopic (exact) mass is 269 g/mol. The smallest absolute Gasteiger partial charge is 0.124 e. The van der Waals surface area contributed by atoms with Gasteiger partial charge in [-0.25, -0.2) is 4.39 Å². The summed E-state index contributed by atoms with van der Waals surface area (Å²) in [5, 5.41) is 3.76. The SMILES string of the molecule is CCNC(C1=CCCCO1)c1ccc(F)cc1Cl. The first kappa shape index (κ1) is 13.4. The first-order valence-corrected chi connectivity index (χ1v) is 6.61. The number of ether oxygens (including phenoxy) is 1. The zero-order valence-electron chi connectivity index (χ0n) is 10.4. The number of hydrogen-bond donors (Lipinski definition) is 1. The van der Waals surface area contributed by atoms with Gasteiger partial charge in [-0.05, 0) is 43.2 Å². The minimum Gasteiger partial charge on any atom is -0.496 e. The van der Waals surface area contributed by atoms with Crippen LogP contribution in [0, 0.1) is 5.82 Å². The van der Waals surface area contributed by atoms with Crippen molar-refractivity contribution in [1.82, 2.24) is 5.32 Å². The van der Waals surface area contributed by atoms with Gasteiger partial charge in [0.15, 0.2) is 0 Å². The van der Waals surface area contributed by atoms with Crippen molar-refractivity contribution in [2.75, 3.05) is 13.2 Å². The molecule has 0 bridgehead atoms. The van der Waals surface area contributed by atoms with Gasteiger partial charge in [-0.3, -0.25) is 0 Å². The van der Waals surface area contributed by atoms with Crippen molar-refractivity contribution in [3.63, 3.8) is 0 Å². The number of nitrogens with one attached hydrogen (secondary N) is 1. The van der Waals surface area contributed by atoms with Gasteiger partial charge in [-0.15, -0.1) is 0 Å². The number of rotatable bonds is 4. The molecule has 1 heterocycles. The Morgan fingerprint density at radius 2 is 2.33 bits per heavy atom. The number of likely N-dealkylation sites (N-methyl/N-ethyl adjacent to an activating group) is 1. The molecular formula is C14H17ClFNO. The topological polar surface area (TPSA) is 21.3 Å². The summed E-state index contributed by atoms with van der Waals surface area (Å²) >= 11 is 6.12. The van der Waals surface area contributed by atoms with Gasteiger partial charge in [0.1, 0.15) is 11.6 Å². The van der Waals surface area contributed by atoms with Crippen LogP contribution in [0.1, 0.15) is 31.4 Å². The normalized spacial score (nSPS) is 16.9. The fraction of sp³-hybridized carbons (Fsp3) is 0.429. The molecule has 2 nitrogen and oxygen atoms in total. The number of halogens is 2. The van der Waals surface area contributed by atoms with E-state index in [0.29, 0.717) is 5.02 Å². The quantitative estimate of drug-likeness (QED) is 0.897. The molecule has 0 spiro atoms. The summed E-state index contributed by atoms with van der Waals surface area (Å²) in [5.41, 5.74) is 0.855. The lowest BCUT2D eigenvalue weighted by Gasteiger charge is -2.25. The highest BCUT2D eigenvalue weighted by atomic mass is 35.5. The van der Waals surface area contributed by atoms with E-state index in [-0.39, 0.29) is 11.9 Å². The molecular weight excluding hydrogens is 253 g/mol. The van der Waals surface area contributed by atoms with Crippen molar-refractivity contribution >= 4 is 11.6 Å². The van der Waals surface area contributed by atoms with Crippen LogP contribution in [0.3, 0.4) is 0 Å². The average molecular weight is 270 g/mol. The summed E-state index contributed by atoms with van der Waals surface area (Å²) in [6, 6.07) is 4.38. The molecule has 1 aromatic rings. The lowest BCUT2D eigenvalue weighted by molar-refractivity contribution is 0.168. The minimum atomic E-state index is -0.322. The van der Waals surface area contributed by atoms with Gasteiger partial charge < -0.3 is 10.1 Å². The Kier molecular flexibility index (Phi) is 4.61. The molecule has 1 atom stereocenters. The molecule has 1 aliphatic rings. The van der Waals surface area contributed by atoms with Crippen LogP contribution in [0.4, 0.5) is 4.39 Å². The standard InChI is InChI=1S/C14H17ClFNO/c1-2-17-14(13-5-3-4-8-18-13)11-7-6-10(16)9-12(11)15/h5-7,9,14,17H,2-4,8H2,1H3. The van der Waals surface area contributed by atoms with Gasteiger partial charge in [-0.1, -0.05) is 24.6 Å². The van der Waals surface area contributed by atoms with Crippen LogP contribution in [0.5, 0.6) is 0 Å². The van der Waals surface area contributed by atoms with Crippen LogP contribution in [0.25, 0.3) is 0 Å². The van der Waals surface area contributed by atoms with Crippen LogP contribution >= 0.6 is 11.6 Å². The largest absolute Gasteiger partial charge is 0.496 e. The van der Waals surface area contributed by atoms with Crippen LogP contribution in [0.2, 0.25) is 5.02 Å². The van der Waals surface area contributed by atoms with Crippen molar-refractivity contribution in [1.29, 1.82) is 0 Å². The molecule has 4 heteroatoms. The zero-order valence-corrected chi connectivity index (χ0v) is 11.1. The molecule has 98 valence electrons. The van der Waals surface area contributed by atoms with E-state index in [1.807, 2.05) is 6.92 Å². The predicted molar refractivity (Wildman–Crippen MR) is 71.1 cm³/mol. The molecule has 0 aliphatic carbocycles. The molecule has 2 rings (SSSR count). The highest BCUT2D eigenvalue weighted by Crippen LogP contribution is 2.31. The maximum absolute atomic E-state index is 13.1. The van der Waals surface area contributed by atoms with E-state index in [2.05, 4.69) is 11.4 Å². The Balaban J connectivity index is 2.31. The average Bonchev–Trinajstić information content (AvgIpc) is 2.38. The molecule has 1 N–H and O–H groups in total. The summed E-state index contributed by atoms with van der Waals surface area (Å²) in [6.45, 7) is 3.54. The first-order valence-electron chi connectivity index (χ1n) is 6.23. The summed E-state index contributed by atoms with van der Waals surface area (Å²) in [5.74, 6) is 0.564. The molecule has 0 aromatic heterocycles. The Bertz CT molecular complexity index is 447. The Labute approximate surface area is 112 Å². The molecule has 18 heavy (non-hydrogen) atoms. The number of allylic oxidation sites excluding steroid dienone is 1. The van der Waals surface area contributed by atoms with Gasteiger partial charge in [0.05, 0.1) is 12.6 Å². The molecule has 0 amide bonds. The minimum absolute atomic E-state index is 0.0941. The maximum atomic E-state index is 13.1. The molecule has 1 aromatic carbocycles. The Morgan fingerprint density at radius 3 is 2.94 bits per heavy atom. The summed E-state index contributed by atoms with van der Waals surface area (Å²) in [7, 11) is 0. The van der Waals surface area contributed by atoms with E-state index < -0.39 is 0 Å². The number of hydrogen-bond acceptors (Lipinski definition) is 2. The maximum Gasteiger partial charge on any atom is 0.124 e. The lowest BCUT2D eigenvalue weighted by Crippen LogP contribution is -2.25. The highest BCUT2D eigenvalue weighted by molar-refractivity contribution is 6.31. The first-order chi connectivity index (χ1) is 8.72. The third-order valence-electron chi connectivity index (χ3n) is 2.93. The van der Waals surface area contributed by atoms with Gasteiger partial charge in [0.2, 0.25) is 0 Å². The van der Waals surface area contributed by atoms with E-state index >= 15 is 0 Å². The fourth-order valence-electron chi connectivity index (χ4n) is 2.08. The van der Waals surface area contributed by atoms with Crippen molar-refractivity contribution in [3.8, 4) is 0 Å². The van der Waals surface area contributed by atoms with Gasteiger partial charge in [0, 0.05) is 5.02 Å². The third-order valence-corrected chi connectivity index (χ3v) is 3.26. The summed E-state index contributed by atoms with van der Waals surface area (Å²) in [4.78, 5) is 0. The second-order valence-corrected chi connectivity index (χ2v) is 4.66. The Morgan fingerprint density at radius 1 is 1.50 bits per heavy atom. The second-order valence-electron chi connectivity index (χ2n) is 4.25. The molecule has 0 saturated carbocycles. The molecule has 1 unspecified atom stereocenters. The molecule has 0 fully saturated rings. The van der Waals surface area contributed by atoms with Crippen molar-refractivity contribution in [3.05, 3.63) is 46.4 Å².